The highest BCUT2D eigenvalue weighted by molar-refractivity contribution is 7.98. The largest absolute Gasteiger partial charge is 0.396 e. The summed E-state index contributed by atoms with van der Waals surface area (Å²) in [6.07, 6.45) is 1.71. The predicted molar refractivity (Wildman–Crippen MR) is 79.2 cm³/mol. The minimum atomic E-state index is -0.427. The van der Waals surface area contributed by atoms with E-state index in [1.54, 1.807) is 6.07 Å². The van der Waals surface area contributed by atoms with Crippen LogP contribution in [0.1, 0.15) is 24.6 Å². The van der Waals surface area contributed by atoms with Crippen LogP contribution in [0.2, 0.25) is 0 Å². The Labute approximate surface area is 120 Å². The molecule has 2 aromatic rings. The molecule has 0 radical (unpaired) electrons. The maximum absolute atomic E-state index is 13.3. The molecule has 0 atom stereocenters. The van der Waals surface area contributed by atoms with Crippen LogP contribution in [0, 0.1) is 5.82 Å². The lowest BCUT2D eigenvalue weighted by Crippen LogP contribution is -2.10. The number of benzene rings is 1. The summed E-state index contributed by atoms with van der Waals surface area (Å²) in [5.41, 5.74) is 6.98. The number of nitrogens with one attached hydrogen (secondary N) is 1. The standard InChI is InChI=1S/C14H16FN3OS/c1-2-3-10-7-13(19)18-14(17-10)20-8-9-4-5-12(16)11(15)6-9/h4-7H,2-3,8,16H2,1H3,(H,17,18,19). The molecule has 0 bridgehead atoms. The van der Waals surface area contributed by atoms with Crippen LogP contribution in [0.5, 0.6) is 0 Å². The summed E-state index contributed by atoms with van der Waals surface area (Å²) < 4.78 is 13.3. The summed E-state index contributed by atoms with van der Waals surface area (Å²) in [5, 5.41) is 0.554. The molecule has 1 heterocycles. The first kappa shape index (κ1) is 14.6. The van der Waals surface area contributed by atoms with Crippen molar-refractivity contribution in [1.29, 1.82) is 0 Å². The van der Waals surface area contributed by atoms with Crippen molar-refractivity contribution in [2.75, 3.05) is 5.73 Å². The van der Waals surface area contributed by atoms with Crippen molar-refractivity contribution in [3.05, 3.63) is 51.7 Å². The van der Waals surface area contributed by atoms with Crippen LogP contribution in [0.3, 0.4) is 0 Å². The van der Waals surface area contributed by atoms with E-state index in [0.717, 1.165) is 24.1 Å². The molecule has 0 saturated carbocycles. The highest BCUT2D eigenvalue weighted by Gasteiger charge is 2.04. The summed E-state index contributed by atoms with van der Waals surface area (Å²) in [6, 6.07) is 6.21. The van der Waals surface area contributed by atoms with E-state index >= 15 is 0 Å². The Hall–Kier alpha value is -1.82. The fourth-order valence-corrected chi connectivity index (χ4v) is 2.59. The van der Waals surface area contributed by atoms with Gasteiger partial charge >= 0.3 is 0 Å². The van der Waals surface area contributed by atoms with Gasteiger partial charge in [0.1, 0.15) is 5.82 Å². The summed E-state index contributed by atoms with van der Waals surface area (Å²) in [6.45, 7) is 2.03. The average Bonchev–Trinajstić information content (AvgIpc) is 2.40. The Morgan fingerprint density at radius 1 is 1.40 bits per heavy atom. The van der Waals surface area contributed by atoms with Crippen molar-refractivity contribution in [3.63, 3.8) is 0 Å². The predicted octanol–water partition coefficient (Wildman–Crippen LogP) is 2.74. The zero-order valence-corrected chi connectivity index (χ0v) is 12.0. The van der Waals surface area contributed by atoms with Crippen molar-refractivity contribution in [2.45, 2.75) is 30.7 Å². The molecule has 6 heteroatoms. The van der Waals surface area contributed by atoms with Crippen LogP contribution in [-0.4, -0.2) is 9.97 Å². The number of rotatable bonds is 5. The normalized spacial score (nSPS) is 10.7. The van der Waals surface area contributed by atoms with Crippen molar-refractivity contribution >= 4 is 17.4 Å². The number of aryl methyl sites for hydroxylation is 1. The van der Waals surface area contributed by atoms with Gasteiger partial charge in [-0.15, -0.1) is 0 Å². The quantitative estimate of drug-likeness (QED) is 0.505. The Bertz CT molecular complexity index is 657. The Kier molecular flexibility index (Phi) is 4.79. The van der Waals surface area contributed by atoms with Gasteiger partial charge in [0, 0.05) is 17.5 Å². The summed E-state index contributed by atoms with van der Waals surface area (Å²) in [7, 11) is 0. The van der Waals surface area contributed by atoms with Gasteiger partial charge in [-0.2, -0.15) is 0 Å². The van der Waals surface area contributed by atoms with Gasteiger partial charge in [-0.1, -0.05) is 31.2 Å². The highest BCUT2D eigenvalue weighted by atomic mass is 32.2. The molecule has 0 aliphatic carbocycles. The summed E-state index contributed by atoms with van der Waals surface area (Å²) in [5.74, 6) is 0.0969. The van der Waals surface area contributed by atoms with E-state index in [1.165, 1.54) is 30.0 Å². The third kappa shape index (κ3) is 3.84. The minimum absolute atomic E-state index is 0.134. The molecule has 1 aromatic heterocycles. The molecule has 0 unspecified atom stereocenters. The van der Waals surface area contributed by atoms with Crippen molar-refractivity contribution in [2.24, 2.45) is 0 Å². The van der Waals surface area contributed by atoms with E-state index < -0.39 is 5.82 Å². The van der Waals surface area contributed by atoms with Gasteiger partial charge in [-0.05, 0) is 24.1 Å². The second-order valence-corrected chi connectivity index (χ2v) is 5.40. The van der Waals surface area contributed by atoms with Gasteiger partial charge in [0.2, 0.25) is 0 Å². The number of anilines is 1. The molecule has 20 heavy (non-hydrogen) atoms. The number of nitrogens with zero attached hydrogens (tertiary/aromatic N) is 1. The van der Waals surface area contributed by atoms with Crippen molar-refractivity contribution in [3.8, 4) is 0 Å². The lowest BCUT2D eigenvalue weighted by Gasteiger charge is -2.04. The van der Waals surface area contributed by atoms with Crippen molar-refractivity contribution in [1.82, 2.24) is 9.97 Å². The molecule has 0 saturated heterocycles. The molecule has 0 fully saturated rings. The lowest BCUT2D eigenvalue weighted by atomic mass is 10.2. The molecule has 0 aliphatic rings. The van der Waals surface area contributed by atoms with Crippen molar-refractivity contribution < 1.29 is 4.39 Å². The summed E-state index contributed by atoms with van der Waals surface area (Å²) in [4.78, 5) is 18.6. The SMILES string of the molecule is CCCc1cc(=O)[nH]c(SCc2ccc(N)c(F)c2)n1. The summed E-state index contributed by atoms with van der Waals surface area (Å²) >= 11 is 1.37. The smallest absolute Gasteiger partial charge is 0.251 e. The van der Waals surface area contributed by atoms with Crippen LogP contribution in [0.25, 0.3) is 0 Å². The molecule has 0 amide bonds. The molecule has 106 valence electrons. The van der Waals surface area contributed by atoms with Gasteiger partial charge in [0.05, 0.1) is 5.69 Å². The topological polar surface area (TPSA) is 71.8 Å². The molecule has 4 nitrogen and oxygen atoms in total. The van der Waals surface area contributed by atoms with Gasteiger partial charge in [-0.25, -0.2) is 9.37 Å². The van der Waals surface area contributed by atoms with Gasteiger partial charge in [0.25, 0.3) is 5.56 Å². The fraction of sp³-hybridized carbons (Fsp3) is 0.286. The van der Waals surface area contributed by atoms with Crippen LogP contribution in [0.15, 0.2) is 34.2 Å². The zero-order chi connectivity index (χ0) is 14.5. The van der Waals surface area contributed by atoms with E-state index in [4.69, 9.17) is 5.73 Å². The van der Waals surface area contributed by atoms with Gasteiger partial charge in [0.15, 0.2) is 5.16 Å². The van der Waals surface area contributed by atoms with Gasteiger partial charge < -0.3 is 10.7 Å². The zero-order valence-electron chi connectivity index (χ0n) is 11.1. The maximum atomic E-state index is 13.3. The number of thioether (sulfide) groups is 1. The Morgan fingerprint density at radius 3 is 2.90 bits per heavy atom. The third-order valence-corrected chi connectivity index (χ3v) is 3.66. The number of hydrogen-bond donors (Lipinski definition) is 2. The first-order valence-electron chi connectivity index (χ1n) is 6.35. The second kappa shape index (κ2) is 6.56. The first-order valence-corrected chi connectivity index (χ1v) is 7.34. The Morgan fingerprint density at radius 2 is 2.20 bits per heavy atom. The number of aromatic amines is 1. The number of nitrogens with two attached hydrogens (primary N) is 1. The van der Waals surface area contributed by atoms with Crippen LogP contribution in [0.4, 0.5) is 10.1 Å². The second-order valence-electron chi connectivity index (χ2n) is 4.44. The van der Waals surface area contributed by atoms with E-state index in [-0.39, 0.29) is 11.2 Å². The van der Waals surface area contributed by atoms with Crippen LogP contribution in [-0.2, 0) is 12.2 Å². The molecule has 2 rings (SSSR count). The number of H-pyrrole nitrogens is 1. The van der Waals surface area contributed by atoms with E-state index in [2.05, 4.69) is 9.97 Å². The first-order chi connectivity index (χ1) is 9.58. The lowest BCUT2D eigenvalue weighted by molar-refractivity contribution is 0.631. The molecular formula is C14H16FN3OS. The number of aromatic nitrogens is 2. The average molecular weight is 293 g/mol. The molecule has 0 spiro atoms. The van der Waals surface area contributed by atoms with Crippen LogP contribution >= 0.6 is 11.8 Å². The number of nitrogen functional groups attached to an aromatic ring is 1. The number of hydrogen-bond acceptors (Lipinski definition) is 4. The molecule has 1 aromatic carbocycles. The molecular weight excluding hydrogens is 277 g/mol. The fourth-order valence-electron chi connectivity index (χ4n) is 1.75. The Balaban J connectivity index is 2.10. The number of halogens is 1. The third-order valence-electron chi connectivity index (χ3n) is 2.72. The van der Waals surface area contributed by atoms with E-state index in [1.807, 2.05) is 6.92 Å². The van der Waals surface area contributed by atoms with Gasteiger partial charge in [-0.3, -0.25) is 4.79 Å². The molecule has 3 N–H and O–H groups in total. The van der Waals surface area contributed by atoms with E-state index in [9.17, 15) is 9.18 Å². The highest BCUT2D eigenvalue weighted by Crippen LogP contribution is 2.21. The van der Waals surface area contributed by atoms with E-state index in [0.29, 0.717) is 10.9 Å². The maximum Gasteiger partial charge on any atom is 0.251 e. The monoisotopic (exact) mass is 293 g/mol. The molecule has 0 aliphatic heterocycles. The van der Waals surface area contributed by atoms with Crippen LogP contribution < -0.4 is 11.3 Å². The minimum Gasteiger partial charge on any atom is -0.396 e.